The molecule has 1 amide bonds. The Kier molecular flexibility index (Phi) is 6.74. The van der Waals surface area contributed by atoms with Gasteiger partial charge in [0.1, 0.15) is 16.5 Å². The zero-order valence-electron chi connectivity index (χ0n) is 17.0. The van der Waals surface area contributed by atoms with Crippen molar-refractivity contribution in [2.75, 3.05) is 57.8 Å². The lowest BCUT2D eigenvalue weighted by Gasteiger charge is -2.39. The van der Waals surface area contributed by atoms with Crippen molar-refractivity contribution in [3.05, 3.63) is 40.5 Å². The SMILES string of the molecule is COCc1nc(C(=O)N2CCCC(CN3CCN(c4ccccn4)CC3)C2)cs1. The van der Waals surface area contributed by atoms with Crippen molar-refractivity contribution < 1.29 is 9.53 Å². The minimum absolute atomic E-state index is 0.0632. The number of nitrogens with zero attached hydrogens (tertiary/aromatic N) is 5. The van der Waals surface area contributed by atoms with Gasteiger partial charge in [-0.15, -0.1) is 11.3 Å². The van der Waals surface area contributed by atoms with Gasteiger partial charge in [0.15, 0.2) is 0 Å². The van der Waals surface area contributed by atoms with Gasteiger partial charge in [-0.1, -0.05) is 6.07 Å². The van der Waals surface area contributed by atoms with Gasteiger partial charge in [0, 0.05) is 64.5 Å². The molecule has 1 unspecified atom stereocenters. The first-order valence-electron chi connectivity index (χ1n) is 10.3. The third-order valence-electron chi connectivity index (χ3n) is 5.71. The van der Waals surface area contributed by atoms with Crippen LogP contribution in [-0.4, -0.2) is 78.6 Å². The number of piperidine rings is 1. The van der Waals surface area contributed by atoms with Gasteiger partial charge < -0.3 is 14.5 Å². The Labute approximate surface area is 176 Å². The van der Waals surface area contributed by atoms with E-state index in [2.05, 4.69) is 25.8 Å². The highest BCUT2D eigenvalue weighted by molar-refractivity contribution is 7.09. The lowest BCUT2D eigenvalue weighted by Crippen LogP contribution is -2.50. The van der Waals surface area contributed by atoms with Crippen LogP contribution in [0.1, 0.15) is 28.3 Å². The van der Waals surface area contributed by atoms with E-state index in [1.807, 2.05) is 28.6 Å². The van der Waals surface area contributed by atoms with Crippen LogP contribution < -0.4 is 4.90 Å². The zero-order valence-corrected chi connectivity index (χ0v) is 17.8. The summed E-state index contributed by atoms with van der Waals surface area (Å²) in [5.41, 5.74) is 0.562. The minimum Gasteiger partial charge on any atom is -0.378 e. The lowest BCUT2D eigenvalue weighted by atomic mass is 9.97. The first kappa shape index (κ1) is 20.3. The number of piperazine rings is 1. The normalized spacial score (nSPS) is 20.8. The Bertz CT molecular complexity index is 791. The second-order valence-corrected chi connectivity index (χ2v) is 8.74. The quantitative estimate of drug-likeness (QED) is 0.722. The highest BCUT2D eigenvalue weighted by atomic mass is 32.1. The number of anilines is 1. The molecule has 8 heteroatoms. The van der Waals surface area contributed by atoms with E-state index in [9.17, 15) is 4.79 Å². The number of thiazole rings is 1. The Morgan fingerprint density at radius 1 is 1.24 bits per heavy atom. The molecule has 2 aliphatic rings. The predicted octanol–water partition coefficient (Wildman–Crippen LogP) is 2.36. The van der Waals surface area contributed by atoms with Gasteiger partial charge in [-0.2, -0.15) is 0 Å². The molecule has 2 aromatic heterocycles. The summed E-state index contributed by atoms with van der Waals surface area (Å²) >= 11 is 1.49. The zero-order chi connectivity index (χ0) is 20.1. The van der Waals surface area contributed by atoms with Crippen molar-refractivity contribution in [2.45, 2.75) is 19.4 Å². The number of ether oxygens (including phenoxy) is 1. The highest BCUT2D eigenvalue weighted by Crippen LogP contribution is 2.22. The second kappa shape index (κ2) is 9.65. The van der Waals surface area contributed by atoms with Crippen LogP contribution in [0.3, 0.4) is 0 Å². The van der Waals surface area contributed by atoms with Crippen LogP contribution in [0.15, 0.2) is 29.8 Å². The summed E-state index contributed by atoms with van der Waals surface area (Å²) < 4.78 is 5.11. The molecule has 4 heterocycles. The van der Waals surface area contributed by atoms with Crippen molar-refractivity contribution >= 4 is 23.1 Å². The standard InChI is InChI=1S/C21H29N5O2S/c1-28-15-20-23-18(16-29-20)21(27)26-8-4-5-17(14-26)13-24-9-11-25(12-10-24)19-6-2-3-7-22-19/h2-3,6-7,16-17H,4-5,8-15H2,1H3. The topological polar surface area (TPSA) is 61.8 Å². The van der Waals surface area contributed by atoms with Crippen LogP contribution in [0.4, 0.5) is 5.82 Å². The van der Waals surface area contributed by atoms with E-state index in [1.54, 1.807) is 7.11 Å². The van der Waals surface area contributed by atoms with Crippen molar-refractivity contribution in [2.24, 2.45) is 5.92 Å². The van der Waals surface area contributed by atoms with Crippen molar-refractivity contribution in [3.63, 3.8) is 0 Å². The van der Waals surface area contributed by atoms with Crippen LogP contribution in [0.25, 0.3) is 0 Å². The molecule has 2 aromatic rings. The number of pyridine rings is 1. The van der Waals surface area contributed by atoms with Crippen molar-refractivity contribution in [3.8, 4) is 0 Å². The Morgan fingerprint density at radius 3 is 2.86 bits per heavy atom. The average molecular weight is 416 g/mol. The Morgan fingerprint density at radius 2 is 2.10 bits per heavy atom. The van der Waals surface area contributed by atoms with Crippen LogP contribution in [-0.2, 0) is 11.3 Å². The van der Waals surface area contributed by atoms with Gasteiger partial charge in [0.2, 0.25) is 0 Å². The third-order valence-corrected chi connectivity index (χ3v) is 6.53. The largest absolute Gasteiger partial charge is 0.378 e. The summed E-state index contributed by atoms with van der Waals surface area (Å²) in [6.07, 6.45) is 4.12. The number of methoxy groups -OCH3 is 1. The predicted molar refractivity (Wildman–Crippen MR) is 114 cm³/mol. The molecule has 0 aromatic carbocycles. The number of hydrogen-bond donors (Lipinski definition) is 0. The fourth-order valence-electron chi connectivity index (χ4n) is 4.22. The number of rotatable bonds is 6. The molecule has 1 atom stereocenters. The lowest BCUT2D eigenvalue weighted by molar-refractivity contribution is 0.0631. The molecule has 29 heavy (non-hydrogen) atoms. The van der Waals surface area contributed by atoms with Gasteiger partial charge in [-0.3, -0.25) is 9.69 Å². The maximum atomic E-state index is 12.9. The number of carbonyl (C=O) groups is 1. The maximum Gasteiger partial charge on any atom is 0.273 e. The average Bonchev–Trinajstić information content (AvgIpc) is 3.23. The molecule has 0 aliphatic carbocycles. The number of amides is 1. The number of aromatic nitrogens is 2. The summed E-state index contributed by atoms with van der Waals surface area (Å²) in [6, 6.07) is 6.08. The molecule has 2 aliphatic heterocycles. The molecule has 0 radical (unpaired) electrons. The van der Waals surface area contributed by atoms with Gasteiger partial charge in [-0.25, -0.2) is 9.97 Å². The summed E-state index contributed by atoms with van der Waals surface area (Å²) in [5.74, 6) is 1.66. The number of hydrogen-bond acceptors (Lipinski definition) is 7. The van der Waals surface area contributed by atoms with E-state index >= 15 is 0 Å². The molecular formula is C21H29N5O2S. The van der Waals surface area contributed by atoms with E-state index in [0.29, 0.717) is 18.2 Å². The minimum atomic E-state index is 0.0632. The van der Waals surface area contributed by atoms with Gasteiger partial charge in [0.25, 0.3) is 5.91 Å². The van der Waals surface area contributed by atoms with Crippen LogP contribution in [0, 0.1) is 5.92 Å². The molecule has 0 spiro atoms. The summed E-state index contributed by atoms with van der Waals surface area (Å²) in [5, 5.41) is 2.71. The summed E-state index contributed by atoms with van der Waals surface area (Å²) in [7, 11) is 1.65. The summed E-state index contributed by atoms with van der Waals surface area (Å²) in [6.45, 7) is 7.30. The van der Waals surface area contributed by atoms with E-state index in [-0.39, 0.29) is 5.91 Å². The second-order valence-electron chi connectivity index (χ2n) is 7.79. The van der Waals surface area contributed by atoms with E-state index < -0.39 is 0 Å². The van der Waals surface area contributed by atoms with E-state index in [0.717, 1.165) is 63.1 Å². The molecular weight excluding hydrogens is 386 g/mol. The van der Waals surface area contributed by atoms with Crippen LogP contribution in [0.5, 0.6) is 0 Å². The molecule has 2 saturated heterocycles. The maximum absolute atomic E-state index is 12.9. The highest BCUT2D eigenvalue weighted by Gasteiger charge is 2.28. The first-order valence-corrected chi connectivity index (χ1v) is 11.2. The van der Waals surface area contributed by atoms with Crippen molar-refractivity contribution in [1.29, 1.82) is 0 Å². The van der Waals surface area contributed by atoms with Gasteiger partial charge >= 0.3 is 0 Å². The van der Waals surface area contributed by atoms with Gasteiger partial charge in [-0.05, 0) is 30.9 Å². The molecule has 2 fully saturated rings. The smallest absolute Gasteiger partial charge is 0.273 e. The molecule has 156 valence electrons. The molecule has 0 N–H and O–H groups in total. The summed E-state index contributed by atoms with van der Waals surface area (Å²) in [4.78, 5) is 28.6. The molecule has 7 nitrogen and oxygen atoms in total. The van der Waals surface area contributed by atoms with Crippen LogP contribution in [0.2, 0.25) is 0 Å². The Balaban J connectivity index is 1.27. The monoisotopic (exact) mass is 415 g/mol. The van der Waals surface area contributed by atoms with Gasteiger partial charge in [0.05, 0.1) is 6.61 Å². The molecule has 0 bridgehead atoms. The fraction of sp³-hybridized carbons (Fsp3) is 0.571. The molecule has 4 rings (SSSR count). The first-order chi connectivity index (χ1) is 14.2. The number of carbonyl (C=O) groups excluding carboxylic acids is 1. The van der Waals surface area contributed by atoms with Crippen molar-refractivity contribution in [1.82, 2.24) is 19.8 Å². The van der Waals surface area contributed by atoms with Crippen LogP contribution >= 0.6 is 11.3 Å². The van der Waals surface area contributed by atoms with E-state index in [4.69, 9.17) is 4.74 Å². The third kappa shape index (κ3) is 5.12. The Hall–Kier alpha value is -2.03. The van der Waals surface area contributed by atoms with E-state index in [1.165, 1.54) is 17.8 Å². The number of likely N-dealkylation sites (tertiary alicyclic amines) is 1. The molecule has 0 saturated carbocycles. The fourth-order valence-corrected chi connectivity index (χ4v) is 4.96.